The second-order valence-electron chi connectivity index (χ2n) is 3.60. The Hall–Kier alpha value is -1.22. The van der Waals surface area contributed by atoms with E-state index < -0.39 is 0 Å². The van der Waals surface area contributed by atoms with Gasteiger partial charge in [-0.2, -0.15) is 0 Å². The van der Waals surface area contributed by atoms with E-state index in [2.05, 4.69) is 0 Å². The van der Waals surface area contributed by atoms with Crippen molar-refractivity contribution in [2.24, 2.45) is 0 Å². The van der Waals surface area contributed by atoms with Crippen LogP contribution in [0.4, 0.5) is 0 Å². The van der Waals surface area contributed by atoms with Crippen molar-refractivity contribution < 1.29 is 14.3 Å². The fraction of sp³-hybridized carbons (Fsp3) is 0.462. The molecule has 17 heavy (non-hydrogen) atoms. The largest absolute Gasteiger partial charge is 0.491 e. The van der Waals surface area contributed by atoms with Gasteiger partial charge in [-0.05, 0) is 25.0 Å². The molecule has 0 aliphatic carbocycles. The van der Waals surface area contributed by atoms with Crippen molar-refractivity contribution in [3.63, 3.8) is 0 Å². The van der Waals surface area contributed by atoms with Crippen molar-refractivity contribution >= 4 is 17.6 Å². The van der Waals surface area contributed by atoms with Crippen LogP contribution in [0.2, 0.25) is 5.02 Å². The average Bonchev–Trinajstić information content (AvgIpc) is 2.34. The monoisotopic (exact) mass is 256 g/mol. The number of carbonyl (C=O) groups is 1. The molecule has 0 aromatic heterocycles. The summed E-state index contributed by atoms with van der Waals surface area (Å²) < 4.78 is 10.6. The van der Waals surface area contributed by atoms with Gasteiger partial charge in [-0.15, -0.1) is 0 Å². The Kier molecular flexibility index (Phi) is 5.84. The number of halogens is 1. The topological polar surface area (TPSA) is 35.5 Å². The van der Waals surface area contributed by atoms with Gasteiger partial charge in [-0.1, -0.05) is 31.5 Å². The summed E-state index contributed by atoms with van der Waals surface area (Å²) in [6, 6.07) is 5.07. The summed E-state index contributed by atoms with van der Waals surface area (Å²) >= 11 is 6.01. The van der Waals surface area contributed by atoms with Crippen LogP contribution in [0.1, 0.15) is 37.0 Å². The quantitative estimate of drug-likeness (QED) is 0.728. The molecule has 0 unspecified atom stereocenters. The maximum absolute atomic E-state index is 11.8. The van der Waals surface area contributed by atoms with Crippen LogP contribution in [0.3, 0.4) is 0 Å². The molecule has 0 fully saturated rings. The lowest BCUT2D eigenvalue weighted by molar-refractivity contribution is 0.0500. The molecule has 0 radical (unpaired) electrons. The Bertz CT molecular complexity index is 377. The van der Waals surface area contributed by atoms with Crippen LogP contribution >= 0.6 is 11.6 Å². The van der Waals surface area contributed by atoms with Gasteiger partial charge in [0.25, 0.3) is 0 Å². The third-order valence-corrected chi connectivity index (χ3v) is 2.37. The summed E-state index contributed by atoms with van der Waals surface area (Å²) in [6.45, 7) is 4.86. The molecule has 1 aromatic rings. The van der Waals surface area contributed by atoms with E-state index >= 15 is 0 Å². The number of hydrogen-bond acceptors (Lipinski definition) is 3. The molecule has 0 saturated heterocycles. The van der Waals surface area contributed by atoms with Crippen LogP contribution in [0, 0.1) is 0 Å². The molecule has 1 rings (SSSR count). The van der Waals surface area contributed by atoms with Crippen molar-refractivity contribution in [1.29, 1.82) is 0 Å². The molecular formula is C13H17ClO3. The highest BCUT2D eigenvalue weighted by Gasteiger charge is 2.16. The van der Waals surface area contributed by atoms with Crippen molar-refractivity contribution in [2.75, 3.05) is 13.2 Å². The van der Waals surface area contributed by atoms with Crippen LogP contribution in [0.5, 0.6) is 5.75 Å². The molecule has 0 saturated carbocycles. The first kappa shape index (κ1) is 13.8. The lowest BCUT2D eigenvalue weighted by Gasteiger charge is -2.11. The molecule has 0 amide bonds. The number of rotatable bonds is 6. The normalized spacial score (nSPS) is 10.1. The SMILES string of the molecule is CCCOC(=O)c1cccc(Cl)c1OCCC. The number of carbonyl (C=O) groups excluding carboxylic acids is 1. The highest BCUT2D eigenvalue weighted by molar-refractivity contribution is 6.32. The minimum atomic E-state index is -0.388. The van der Waals surface area contributed by atoms with Gasteiger partial charge in [-0.3, -0.25) is 0 Å². The van der Waals surface area contributed by atoms with Gasteiger partial charge in [0.15, 0.2) is 5.75 Å². The summed E-state index contributed by atoms with van der Waals surface area (Å²) in [5.74, 6) is 0.0255. The molecule has 0 heterocycles. The number of ether oxygens (including phenoxy) is 2. The molecule has 0 aliphatic heterocycles. The van der Waals surface area contributed by atoms with E-state index in [-0.39, 0.29) is 5.97 Å². The third kappa shape index (κ3) is 3.93. The van der Waals surface area contributed by atoms with Gasteiger partial charge in [0.2, 0.25) is 0 Å². The first-order valence-electron chi connectivity index (χ1n) is 5.79. The summed E-state index contributed by atoms with van der Waals surface area (Å²) in [5.41, 5.74) is 0.388. The molecule has 1 aromatic carbocycles. The smallest absolute Gasteiger partial charge is 0.341 e. The van der Waals surface area contributed by atoms with Crippen LogP contribution in [-0.2, 0) is 4.74 Å². The zero-order valence-electron chi connectivity index (χ0n) is 10.2. The van der Waals surface area contributed by atoms with Crippen molar-refractivity contribution in [3.8, 4) is 5.75 Å². The van der Waals surface area contributed by atoms with E-state index in [0.29, 0.717) is 29.5 Å². The highest BCUT2D eigenvalue weighted by Crippen LogP contribution is 2.29. The lowest BCUT2D eigenvalue weighted by Crippen LogP contribution is -2.09. The molecule has 3 nitrogen and oxygen atoms in total. The fourth-order valence-corrected chi connectivity index (χ4v) is 1.52. The summed E-state index contributed by atoms with van der Waals surface area (Å²) in [7, 11) is 0. The Balaban J connectivity index is 2.89. The molecule has 0 bridgehead atoms. The molecular weight excluding hydrogens is 240 g/mol. The molecule has 0 atom stereocenters. The highest BCUT2D eigenvalue weighted by atomic mass is 35.5. The average molecular weight is 257 g/mol. The fourth-order valence-electron chi connectivity index (χ4n) is 1.29. The Morgan fingerprint density at radius 2 is 1.94 bits per heavy atom. The van der Waals surface area contributed by atoms with Crippen LogP contribution in [0.25, 0.3) is 0 Å². The maximum atomic E-state index is 11.8. The van der Waals surface area contributed by atoms with Crippen molar-refractivity contribution in [1.82, 2.24) is 0 Å². The Labute approximate surface area is 107 Å². The minimum Gasteiger partial charge on any atom is -0.491 e. The van der Waals surface area contributed by atoms with E-state index in [4.69, 9.17) is 21.1 Å². The molecule has 0 spiro atoms. The van der Waals surface area contributed by atoms with E-state index in [1.165, 1.54) is 0 Å². The predicted molar refractivity (Wildman–Crippen MR) is 67.8 cm³/mol. The van der Waals surface area contributed by atoms with E-state index in [9.17, 15) is 4.79 Å². The molecule has 0 aliphatic rings. The third-order valence-electron chi connectivity index (χ3n) is 2.07. The van der Waals surface area contributed by atoms with Crippen LogP contribution in [-0.4, -0.2) is 19.2 Å². The predicted octanol–water partition coefficient (Wildman–Crippen LogP) is 3.70. The second-order valence-corrected chi connectivity index (χ2v) is 4.01. The second kappa shape index (κ2) is 7.17. The van der Waals surface area contributed by atoms with Gasteiger partial charge in [0.1, 0.15) is 5.56 Å². The molecule has 4 heteroatoms. The van der Waals surface area contributed by atoms with Crippen molar-refractivity contribution in [3.05, 3.63) is 28.8 Å². The number of hydrogen-bond donors (Lipinski definition) is 0. The van der Waals surface area contributed by atoms with Gasteiger partial charge >= 0.3 is 5.97 Å². The summed E-state index contributed by atoms with van der Waals surface area (Å²) in [5, 5.41) is 0.435. The zero-order valence-corrected chi connectivity index (χ0v) is 10.9. The lowest BCUT2D eigenvalue weighted by atomic mass is 10.2. The molecule has 0 N–H and O–H groups in total. The minimum absolute atomic E-state index is 0.388. The summed E-state index contributed by atoms with van der Waals surface area (Å²) in [6.07, 6.45) is 1.64. The van der Waals surface area contributed by atoms with Gasteiger partial charge in [-0.25, -0.2) is 4.79 Å². The van der Waals surface area contributed by atoms with Crippen LogP contribution in [0.15, 0.2) is 18.2 Å². The molecule has 94 valence electrons. The van der Waals surface area contributed by atoms with Gasteiger partial charge in [0.05, 0.1) is 18.2 Å². The first-order valence-corrected chi connectivity index (χ1v) is 6.16. The Morgan fingerprint density at radius 3 is 2.59 bits per heavy atom. The number of benzene rings is 1. The summed E-state index contributed by atoms with van der Waals surface area (Å²) in [4.78, 5) is 11.8. The number of para-hydroxylation sites is 1. The first-order chi connectivity index (χ1) is 8.20. The Morgan fingerprint density at radius 1 is 1.24 bits per heavy atom. The van der Waals surface area contributed by atoms with Crippen LogP contribution < -0.4 is 4.74 Å². The zero-order chi connectivity index (χ0) is 12.7. The van der Waals surface area contributed by atoms with Crippen molar-refractivity contribution in [2.45, 2.75) is 26.7 Å². The van der Waals surface area contributed by atoms with E-state index in [1.54, 1.807) is 18.2 Å². The van der Waals surface area contributed by atoms with E-state index in [1.807, 2.05) is 13.8 Å². The van der Waals surface area contributed by atoms with Gasteiger partial charge in [0, 0.05) is 0 Å². The maximum Gasteiger partial charge on any atom is 0.341 e. The van der Waals surface area contributed by atoms with Gasteiger partial charge < -0.3 is 9.47 Å². The van der Waals surface area contributed by atoms with E-state index in [0.717, 1.165) is 12.8 Å². The number of esters is 1. The standard InChI is InChI=1S/C13H17ClO3/c1-3-8-16-12-10(6-5-7-11(12)14)13(15)17-9-4-2/h5-7H,3-4,8-9H2,1-2H3.